The lowest BCUT2D eigenvalue weighted by molar-refractivity contribution is 0.0994. The Morgan fingerprint density at radius 2 is 2.28 bits per heavy atom. The molecule has 0 aliphatic heterocycles. The van der Waals surface area contributed by atoms with Gasteiger partial charge in [-0.05, 0) is 13.3 Å². The average molecular weight is 284 g/mol. The Morgan fingerprint density at radius 3 is 2.78 bits per heavy atom. The largest absolute Gasteiger partial charge is 0.293 e. The molecule has 0 amide bonds. The van der Waals surface area contributed by atoms with Gasteiger partial charge in [-0.15, -0.1) is 11.3 Å². The summed E-state index contributed by atoms with van der Waals surface area (Å²) in [6, 6.07) is 0. The number of nitrogens with zero attached hydrogens (tertiary/aromatic N) is 3. The van der Waals surface area contributed by atoms with Crippen LogP contribution in [0, 0.1) is 6.92 Å². The van der Waals surface area contributed by atoms with Crippen LogP contribution >= 0.6 is 22.9 Å². The van der Waals surface area contributed by atoms with Crippen LogP contribution in [0.25, 0.3) is 0 Å². The first-order valence-electron chi connectivity index (χ1n) is 5.68. The molecule has 2 heterocycles. The lowest BCUT2D eigenvalue weighted by Crippen LogP contribution is -2.07. The van der Waals surface area contributed by atoms with Crippen molar-refractivity contribution in [3.05, 3.63) is 32.5 Å². The SMILES string of the molecule is CCc1nn(C)c(CC(=O)c2cnc(C)s2)c1Cl. The van der Waals surface area contributed by atoms with Crippen molar-refractivity contribution in [2.24, 2.45) is 7.05 Å². The van der Waals surface area contributed by atoms with E-state index >= 15 is 0 Å². The number of aromatic nitrogens is 3. The molecule has 2 aromatic heterocycles. The topological polar surface area (TPSA) is 47.8 Å². The summed E-state index contributed by atoms with van der Waals surface area (Å²) in [6.07, 6.45) is 2.65. The number of hydrogen-bond acceptors (Lipinski definition) is 4. The average Bonchev–Trinajstić information content (AvgIpc) is 2.87. The minimum absolute atomic E-state index is 0.0353. The molecular weight excluding hydrogens is 270 g/mol. The molecule has 0 saturated heterocycles. The summed E-state index contributed by atoms with van der Waals surface area (Å²) in [7, 11) is 1.81. The van der Waals surface area contributed by atoms with Crippen LogP contribution in [0.1, 0.15) is 33.0 Å². The summed E-state index contributed by atoms with van der Waals surface area (Å²) < 4.78 is 1.69. The van der Waals surface area contributed by atoms with Gasteiger partial charge in [-0.1, -0.05) is 18.5 Å². The highest BCUT2D eigenvalue weighted by molar-refractivity contribution is 7.13. The molecule has 0 radical (unpaired) electrons. The fourth-order valence-corrected chi connectivity index (χ4v) is 2.82. The summed E-state index contributed by atoms with van der Waals surface area (Å²) >= 11 is 7.62. The smallest absolute Gasteiger partial charge is 0.180 e. The fraction of sp³-hybridized carbons (Fsp3) is 0.417. The molecule has 0 unspecified atom stereocenters. The van der Waals surface area contributed by atoms with E-state index in [1.54, 1.807) is 10.9 Å². The normalized spacial score (nSPS) is 10.9. The van der Waals surface area contributed by atoms with E-state index in [4.69, 9.17) is 11.6 Å². The first-order chi connectivity index (χ1) is 8.52. The molecule has 0 bridgehead atoms. The van der Waals surface area contributed by atoms with Gasteiger partial charge in [0, 0.05) is 13.2 Å². The molecule has 0 aliphatic rings. The highest BCUT2D eigenvalue weighted by atomic mass is 35.5. The number of aryl methyl sites for hydroxylation is 3. The van der Waals surface area contributed by atoms with Crippen molar-refractivity contribution >= 4 is 28.7 Å². The van der Waals surface area contributed by atoms with Crippen LogP contribution in [0.2, 0.25) is 5.02 Å². The van der Waals surface area contributed by atoms with E-state index in [1.165, 1.54) is 11.3 Å². The van der Waals surface area contributed by atoms with Gasteiger partial charge < -0.3 is 0 Å². The third-order valence-corrected chi connectivity index (χ3v) is 4.12. The second kappa shape index (κ2) is 5.20. The highest BCUT2D eigenvalue weighted by Gasteiger charge is 2.18. The monoisotopic (exact) mass is 283 g/mol. The predicted octanol–water partition coefficient (Wildman–Crippen LogP) is 2.83. The van der Waals surface area contributed by atoms with Crippen LogP contribution in [-0.4, -0.2) is 20.5 Å². The quantitative estimate of drug-likeness (QED) is 0.811. The number of hydrogen-bond donors (Lipinski definition) is 0. The van der Waals surface area contributed by atoms with Crippen molar-refractivity contribution in [1.82, 2.24) is 14.8 Å². The van der Waals surface area contributed by atoms with Gasteiger partial charge in [-0.2, -0.15) is 5.10 Å². The minimum Gasteiger partial charge on any atom is -0.293 e. The maximum Gasteiger partial charge on any atom is 0.180 e. The Bertz CT molecular complexity index is 588. The zero-order valence-electron chi connectivity index (χ0n) is 10.5. The van der Waals surface area contributed by atoms with Crippen molar-refractivity contribution in [3.8, 4) is 0 Å². The second-order valence-corrected chi connectivity index (χ2v) is 5.64. The molecule has 0 N–H and O–H groups in total. The summed E-state index contributed by atoms with van der Waals surface area (Å²) in [5, 5.41) is 5.80. The van der Waals surface area contributed by atoms with Crippen LogP contribution in [-0.2, 0) is 19.9 Å². The summed E-state index contributed by atoms with van der Waals surface area (Å²) in [6.45, 7) is 3.88. The molecule has 0 spiro atoms. The van der Waals surface area contributed by atoms with E-state index in [9.17, 15) is 4.79 Å². The number of halogens is 1. The molecule has 0 saturated carbocycles. The summed E-state index contributed by atoms with van der Waals surface area (Å²) in [4.78, 5) is 16.9. The van der Waals surface area contributed by atoms with Gasteiger partial charge in [0.1, 0.15) is 0 Å². The lowest BCUT2D eigenvalue weighted by atomic mass is 10.2. The van der Waals surface area contributed by atoms with E-state index in [2.05, 4.69) is 10.1 Å². The number of rotatable bonds is 4. The van der Waals surface area contributed by atoms with E-state index in [0.717, 1.165) is 22.8 Å². The number of thiazole rings is 1. The van der Waals surface area contributed by atoms with Gasteiger partial charge in [0.25, 0.3) is 0 Å². The number of carbonyl (C=O) groups is 1. The molecule has 2 aromatic rings. The molecule has 6 heteroatoms. The van der Waals surface area contributed by atoms with Gasteiger partial charge in [0.05, 0.1) is 32.7 Å². The van der Waals surface area contributed by atoms with Crippen LogP contribution < -0.4 is 0 Å². The fourth-order valence-electron chi connectivity index (χ4n) is 1.74. The molecule has 2 rings (SSSR count). The Balaban J connectivity index is 2.24. The van der Waals surface area contributed by atoms with Crippen LogP contribution in [0.4, 0.5) is 0 Å². The standard InChI is InChI=1S/C12H14ClN3OS/c1-4-8-12(13)9(16(3)15-8)5-10(17)11-6-14-7(2)18-11/h6H,4-5H2,1-3H3. The van der Waals surface area contributed by atoms with Crippen molar-refractivity contribution in [1.29, 1.82) is 0 Å². The molecule has 18 heavy (non-hydrogen) atoms. The number of ketones is 1. The first kappa shape index (κ1) is 13.2. The van der Waals surface area contributed by atoms with Crippen LogP contribution in [0.3, 0.4) is 0 Å². The van der Waals surface area contributed by atoms with Gasteiger partial charge in [-0.25, -0.2) is 4.98 Å². The zero-order chi connectivity index (χ0) is 13.3. The van der Waals surface area contributed by atoms with E-state index in [-0.39, 0.29) is 12.2 Å². The number of carbonyl (C=O) groups excluding carboxylic acids is 1. The Labute approximate surface area is 115 Å². The molecule has 96 valence electrons. The van der Waals surface area contributed by atoms with E-state index < -0.39 is 0 Å². The third kappa shape index (κ3) is 2.47. The molecule has 0 fully saturated rings. The maximum atomic E-state index is 12.1. The molecule has 4 nitrogen and oxygen atoms in total. The van der Waals surface area contributed by atoms with Crippen molar-refractivity contribution in [2.45, 2.75) is 26.7 Å². The Morgan fingerprint density at radius 1 is 1.56 bits per heavy atom. The van der Waals surface area contributed by atoms with Crippen molar-refractivity contribution < 1.29 is 4.79 Å². The highest BCUT2D eigenvalue weighted by Crippen LogP contribution is 2.23. The molecule has 0 atom stereocenters. The van der Waals surface area contributed by atoms with Gasteiger partial charge >= 0.3 is 0 Å². The summed E-state index contributed by atoms with van der Waals surface area (Å²) in [5.74, 6) is 0.0353. The Hall–Kier alpha value is -1.20. The first-order valence-corrected chi connectivity index (χ1v) is 6.88. The van der Waals surface area contributed by atoms with Gasteiger partial charge in [0.15, 0.2) is 5.78 Å². The predicted molar refractivity (Wildman–Crippen MR) is 72.5 cm³/mol. The van der Waals surface area contributed by atoms with Crippen molar-refractivity contribution in [2.75, 3.05) is 0 Å². The molecule has 0 aliphatic carbocycles. The second-order valence-electron chi connectivity index (χ2n) is 4.03. The number of Topliss-reactive ketones (excluding diaryl/α,β-unsaturated/α-hetero) is 1. The summed E-state index contributed by atoms with van der Waals surface area (Å²) in [5.41, 5.74) is 1.60. The van der Waals surface area contributed by atoms with Crippen molar-refractivity contribution in [3.63, 3.8) is 0 Å². The van der Waals surface area contributed by atoms with Gasteiger partial charge in [-0.3, -0.25) is 9.48 Å². The third-order valence-electron chi connectivity index (χ3n) is 2.73. The van der Waals surface area contributed by atoms with E-state index in [0.29, 0.717) is 9.90 Å². The lowest BCUT2D eigenvalue weighted by Gasteiger charge is -2.00. The van der Waals surface area contributed by atoms with Crippen LogP contribution in [0.5, 0.6) is 0 Å². The minimum atomic E-state index is 0.0353. The molecule has 0 aromatic carbocycles. The zero-order valence-corrected chi connectivity index (χ0v) is 12.1. The molecular formula is C12H14ClN3OS. The maximum absolute atomic E-state index is 12.1. The van der Waals surface area contributed by atoms with Crippen LogP contribution in [0.15, 0.2) is 6.20 Å². The van der Waals surface area contributed by atoms with E-state index in [1.807, 2.05) is 20.9 Å². The van der Waals surface area contributed by atoms with Gasteiger partial charge in [0.2, 0.25) is 0 Å². The Kier molecular flexibility index (Phi) is 3.82.